The molecule has 1 aliphatic rings. The van der Waals surface area contributed by atoms with E-state index in [1.807, 2.05) is 27.8 Å². The van der Waals surface area contributed by atoms with Crippen LogP contribution in [0.25, 0.3) is 0 Å². The molecule has 1 aliphatic heterocycles. The van der Waals surface area contributed by atoms with Crippen LogP contribution in [0.3, 0.4) is 0 Å². The molecule has 1 saturated heterocycles. The summed E-state index contributed by atoms with van der Waals surface area (Å²) >= 11 is 0. The van der Waals surface area contributed by atoms with Crippen molar-refractivity contribution in [2.24, 2.45) is 5.41 Å². The average Bonchev–Trinajstić information content (AvgIpc) is 3.02. The summed E-state index contributed by atoms with van der Waals surface area (Å²) in [4.78, 5) is 38.1. The van der Waals surface area contributed by atoms with Crippen LogP contribution in [0.15, 0.2) is 16.5 Å². The minimum atomic E-state index is -0.668. The molecule has 0 unspecified atom stereocenters. The monoisotopic (exact) mass is 351 g/mol. The van der Waals surface area contributed by atoms with Crippen LogP contribution in [0.4, 0.5) is 5.88 Å². The van der Waals surface area contributed by atoms with E-state index < -0.39 is 10.8 Å². The second-order valence-corrected chi connectivity index (χ2v) is 7.66. The van der Waals surface area contributed by atoms with E-state index in [0.29, 0.717) is 32.4 Å². The van der Waals surface area contributed by atoms with Crippen LogP contribution >= 0.6 is 0 Å². The molecule has 8 heteroatoms. The first-order valence-electron chi connectivity index (χ1n) is 8.37. The standard InChI is InChI=1S/C17H25N3O5/c1-17(2,3)11-14(21)18(4)12-7-9-19(10-8-12)16(22)13-5-6-15(25-13)20(23)24/h5-6,12H,7-11H2,1-4H3. The summed E-state index contributed by atoms with van der Waals surface area (Å²) in [6.07, 6.45) is 1.85. The van der Waals surface area contributed by atoms with Gasteiger partial charge < -0.3 is 14.2 Å². The maximum Gasteiger partial charge on any atom is 0.433 e. The van der Waals surface area contributed by atoms with E-state index in [1.165, 1.54) is 12.1 Å². The number of nitrogens with zero attached hydrogens (tertiary/aromatic N) is 3. The molecule has 0 bridgehead atoms. The Balaban J connectivity index is 1.91. The van der Waals surface area contributed by atoms with Gasteiger partial charge in [-0.25, -0.2) is 0 Å². The Morgan fingerprint density at radius 3 is 2.40 bits per heavy atom. The van der Waals surface area contributed by atoms with E-state index in [-0.39, 0.29) is 29.0 Å². The molecule has 1 fully saturated rings. The highest BCUT2D eigenvalue weighted by Gasteiger charge is 2.30. The predicted molar refractivity (Wildman–Crippen MR) is 91.1 cm³/mol. The summed E-state index contributed by atoms with van der Waals surface area (Å²) in [5.74, 6) is -0.706. The Labute approximate surface area is 146 Å². The molecule has 8 nitrogen and oxygen atoms in total. The van der Waals surface area contributed by atoms with Crippen molar-refractivity contribution >= 4 is 17.7 Å². The third-order valence-corrected chi connectivity index (χ3v) is 4.36. The summed E-state index contributed by atoms with van der Waals surface area (Å²) < 4.78 is 4.97. The number of hydrogen-bond donors (Lipinski definition) is 0. The number of carbonyl (C=O) groups is 2. The van der Waals surface area contributed by atoms with Crippen molar-refractivity contribution in [2.75, 3.05) is 20.1 Å². The smallest absolute Gasteiger partial charge is 0.395 e. The number of hydrogen-bond acceptors (Lipinski definition) is 5. The predicted octanol–water partition coefficient (Wildman–Crippen LogP) is 2.69. The Bertz CT molecular complexity index is 653. The van der Waals surface area contributed by atoms with Crippen LogP contribution in [0.5, 0.6) is 0 Å². The van der Waals surface area contributed by atoms with Crippen LogP contribution in [0.2, 0.25) is 0 Å². The van der Waals surface area contributed by atoms with E-state index in [4.69, 9.17) is 4.42 Å². The fourth-order valence-electron chi connectivity index (χ4n) is 2.93. The molecule has 0 saturated carbocycles. The van der Waals surface area contributed by atoms with Crippen molar-refractivity contribution in [1.82, 2.24) is 9.80 Å². The Morgan fingerprint density at radius 1 is 1.32 bits per heavy atom. The Hall–Kier alpha value is -2.38. The van der Waals surface area contributed by atoms with Gasteiger partial charge in [-0.1, -0.05) is 20.8 Å². The topological polar surface area (TPSA) is 96.9 Å². The van der Waals surface area contributed by atoms with Crippen molar-refractivity contribution in [3.63, 3.8) is 0 Å². The molecule has 25 heavy (non-hydrogen) atoms. The van der Waals surface area contributed by atoms with Crippen molar-refractivity contribution in [3.05, 3.63) is 28.0 Å². The molecule has 138 valence electrons. The average molecular weight is 351 g/mol. The summed E-state index contributed by atoms with van der Waals surface area (Å²) in [7, 11) is 1.81. The summed E-state index contributed by atoms with van der Waals surface area (Å²) in [6, 6.07) is 2.61. The van der Waals surface area contributed by atoms with E-state index in [1.54, 1.807) is 9.80 Å². The third-order valence-electron chi connectivity index (χ3n) is 4.36. The zero-order valence-electron chi connectivity index (χ0n) is 15.2. The minimum absolute atomic E-state index is 0.0256. The van der Waals surface area contributed by atoms with Gasteiger partial charge in [-0.15, -0.1) is 0 Å². The fraction of sp³-hybridized carbons (Fsp3) is 0.647. The van der Waals surface area contributed by atoms with Gasteiger partial charge in [0.1, 0.15) is 4.92 Å². The highest BCUT2D eigenvalue weighted by molar-refractivity contribution is 5.91. The first-order chi connectivity index (χ1) is 11.6. The zero-order valence-corrected chi connectivity index (χ0v) is 15.2. The van der Waals surface area contributed by atoms with Crippen molar-refractivity contribution in [1.29, 1.82) is 0 Å². The van der Waals surface area contributed by atoms with E-state index >= 15 is 0 Å². The molecule has 2 amide bonds. The van der Waals surface area contributed by atoms with Gasteiger partial charge in [0, 0.05) is 32.6 Å². The van der Waals surface area contributed by atoms with E-state index in [9.17, 15) is 19.7 Å². The van der Waals surface area contributed by atoms with Gasteiger partial charge in [0.05, 0.1) is 6.07 Å². The Kier molecular flexibility index (Phi) is 5.49. The highest BCUT2D eigenvalue weighted by atomic mass is 16.6. The van der Waals surface area contributed by atoms with Gasteiger partial charge in [0.15, 0.2) is 5.76 Å². The highest BCUT2D eigenvalue weighted by Crippen LogP contribution is 2.24. The van der Waals surface area contributed by atoms with E-state index in [0.717, 1.165) is 0 Å². The van der Waals surface area contributed by atoms with Gasteiger partial charge in [0.2, 0.25) is 5.91 Å². The SMILES string of the molecule is CN(C(=O)CC(C)(C)C)C1CCN(C(=O)c2ccc([N+](=O)[O-])o2)CC1. The van der Waals surface area contributed by atoms with Crippen molar-refractivity contribution < 1.29 is 18.9 Å². The summed E-state index contributed by atoms with van der Waals surface area (Å²) in [5, 5.41) is 10.6. The van der Waals surface area contributed by atoms with Crippen LogP contribution < -0.4 is 0 Å². The van der Waals surface area contributed by atoms with E-state index in [2.05, 4.69) is 0 Å². The molecular formula is C17H25N3O5. The number of furan rings is 1. The van der Waals surface area contributed by atoms with Crippen molar-refractivity contribution in [3.8, 4) is 0 Å². The van der Waals surface area contributed by atoms with Gasteiger partial charge in [0.25, 0.3) is 5.91 Å². The Morgan fingerprint density at radius 2 is 1.92 bits per heavy atom. The largest absolute Gasteiger partial charge is 0.433 e. The lowest BCUT2D eigenvalue weighted by molar-refractivity contribution is -0.402. The first-order valence-corrected chi connectivity index (χ1v) is 8.37. The van der Waals surface area contributed by atoms with Gasteiger partial charge in [-0.2, -0.15) is 0 Å². The molecule has 2 heterocycles. The second kappa shape index (κ2) is 7.25. The number of amides is 2. The number of nitro groups is 1. The molecule has 0 spiro atoms. The molecule has 1 aromatic rings. The maximum absolute atomic E-state index is 12.4. The lowest BCUT2D eigenvalue weighted by Gasteiger charge is -2.37. The van der Waals surface area contributed by atoms with Crippen LogP contribution in [-0.4, -0.2) is 52.7 Å². The fourth-order valence-corrected chi connectivity index (χ4v) is 2.93. The molecule has 0 aromatic carbocycles. The van der Waals surface area contributed by atoms with Gasteiger partial charge in [-0.3, -0.25) is 19.7 Å². The number of rotatable bonds is 4. The quantitative estimate of drug-likeness (QED) is 0.614. The normalized spacial score (nSPS) is 15.9. The molecule has 0 aliphatic carbocycles. The number of likely N-dealkylation sites (tertiary alicyclic amines) is 1. The van der Waals surface area contributed by atoms with Crippen LogP contribution in [-0.2, 0) is 4.79 Å². The van der Waals surface area contributed by atoms with Gasteiger partial charge in [-0.05, 0) is 24.3 Å². The van der Waals surface area contributed by atoms with Crippen LogP contribution in [0.1, 0.15) is 50.6 Å². The molecule has 0 N–H and O–H groups in total. The van der Waals surface area contributed by atoms with Crippen molar-refractivity contribution in [2.45, 2.75) is 46.1 Å². The number of carbonyl (C=O) groups excluding carboxylic acids is 2. The first kappa shape index (κ1) is 19.0. The van der Waals surface area contributed by atoms with Crippen LogP contribution in [0, 0.1) is 15.5 Å². The minimum Gasteiger partial charge on any atom is -0.395 e. The third kappa shape index (κ3) is 4.80. The lowest BCUT2D eigenvalue weighted by Crippen LogP contribution is -2.47. The molecule has 1 aromatic heterocycles. The summed E-state index contributed by atoms with van der Waals surface area (Å²) in [6.45, 7) is 7.07. The lowest BCUT2D eigenvalue weighted by atomic mass is 9.91. The molecule has 0 atom stereocenters. The number of piperidine rings is 1. The molecule has 0 radical (unpaired) electrons. The molecule has 2 rings (SSSR count). The zero-order chi connectivity index (χ0) is 18.8. The maximum atomic E-state index is 12.4. The van der Waals surface area contributed by atoms with Gasteiger partial charge >= 0.3 is 5.88 Å². The molecular weight excluding hydrogens is 326 g/mol. The summed E-state index contributed by atoms with van der Waals surface area (Å²) in [5.41, 5.74) is -0.0595. The second-order valence-electron chi connectivity index (χ2n) is 7.66.